The predicted octanol–water partition coefficient (Wildman–Crippen LogP) is 3.15. The first-order valence-electron chi connectivity index (χ1n) is 10.7. The van der Waals surface area contributed by atoms with Crippen LogP contribution in [0.4, 0.5) is 5.69 Å². The van der Waals surface area contributed by atoms with E-state index >= 15 is 0 Å². The molecule has 2 aliphatic heterocycles. The topological polar surface area (TPSA) is 69.7 Å². The Bertz CT molecular complexity index is 960. The molecule has 0 spiro atoms. The Balaban J connectivity index is 1.47. The summed E-state index contributed by atoms with van der Waals surface area (Å²) in [4.78, 5) is 42.3. The van der Waals surface area contributed by atoms with E-state index in [0.29, 0.717) is 13.0 Å². The van der Waals surface area contributed by atoms with Gasteiger partial charge in [0.15, 0.2) is 0 Å². The number of hydrogen-bond acceptors (Lipinski definition) is 3. The number of benzene rings is 2. The molecular formula is C24H26BrN3O3. The van der Waals surface area contributed by atoms with Crippen LogP contribution in [0, 0.1) is 5.92 Å². The molecule has 7 heteroatoms. The summed E-state index contributed by atoms with van der Waals surface area (Å²) >= 11 is 3.48. The van der Waals surface area contributed by atoms with E-state index in [0.717, 1.165) is 41.7 Å². The van der Waals surface area contributed by atoms with Gasteiger partial charge in [0.2, 0.25) is 17.7 Å². The van der Waals surface area contributed by atoms with E-state index in [9.17, 15) is 14.4 Å². The van der Waals surface area contributed by atoms with Crippen LogP contribution in [0.2, 0.25) is 0 Å². The summed E-state index contributed by atoms with van der Waals surface area (Å²) in [5, 5.41) is 2.97. The molecule has 0 aromatic heterocycles. The Hall–Kier alpha value is -2.67. The van der Waals surface area contributed by atoms with Crippen molar-refractivity contribution in [3.8, 4) is 0 Å². The lowest BCUT2D eigenvalue weighted by atomic mass is 10.0. The molecule has 2 heterocycles. The van der Waals surface area contributed by atoms with Crippen molar-refractivity contribution in [1.82, 2.24) is 10.2 Å². The Morgan fingerprint density at radius 1 is 1.03 bits per heavy atom. The van der Waals surface area contributed by atoms with Crippen LogP contribution < -0.4 is 10.2 Å². The van der Waals surface area contributed by atoms with E-state index in [1.807, 2.05) is 59.5 Å². The predicted molar refractivity (Wildman–Crippen MR) is 122 cm³/mol. The van der Waals surface area contributed by atoms with Crippen LogP contribution in [0.5, 0.6) is 0 Å². The van der Waals surface area contributed by atoms with E-state index in [-0.39, 0.29) is 24.1 Å². The van der Waals surface area contributed by atoms with Gasteiger partial charge in [-0.1, -0.05) is 42.5 Å². The number of carbonyl (C=O) groups excluding carboxylic acids is 3. The molecule has 2 aromatic rings. The third kappa shape index (κ3) is 4.98. The van der Waals surface area contributed by atoms with Crippen molar-refractivity contribution in [2.75, 3.05) is 24.5 Å². The number of amides is 3. The molecule has 0 saturated carbocycles. The lowest BCUT2D eigenvalue weighted by Gasteiger charge is -2.25. The molecule has 0 radical (unpaired) electrons. The van der Waals surface area contributed by atoms with E-state index in [1.165, 1.54) is 0 Å². The summed E-state index contributed by atoms with van der Waals surface area (Å²) in [5.41, 5.74) is 1.76. The number of anilines is 1. The van der Waals surface area contributed by atoms with Crippen LogP contribution in [-0.2, 0) is 20.8 Å². The van der Waals surface area contributed by atoms with E-state index in [2.05, 4.69) is 21.2 Å². The molecule has 1 N–H and O–H groups in total. The number of nitrogens with one attached hydrogen (secondary N) is 1. The van der Waals surface area contributed by atoms with Crippen LogP contribution >= 0.6 is 15.9 Å². The van der Waals surface area contributed by atoms with Crippen LogP contribution in [0.25, 0.3) is 0 Å². The largest absolute Gasteiger partial charge is 0.344 e. The van der Waals surface area contributed by atoms with Gasteiger partial charge in [0, 0.05) is 36.9 Å². The highest BCUT2D eigenvalue weighted by atomic mass is 79.9. The number of halogens is 1. The highest BCUT2D eigenvalue weighted by Gasteiger charge is 2.38. The molecule has 2 atom stereocenters. The fourth-order valence-electron chi connectivity index (χ4n) is 4.28. The van der Waals surface area contributed by atoms with E-state index in [1.54, 1.807) is 4.90 Å². The van der Waals surface area contributed by atoms with E-state index < -0.39 is 12.0 Å². The monoisotopic (exact) mass is 483 g/mol. The lowest BCUT2D eigenvalue weighted by molar-refractivity contribution is -0.136. The number of hydrogen-bond donors (Lipinski definition) is 1. The fourth-order valence-corrected chi connectivity index (χ4v) is 4.78. The first-order chi connectivity index (χ1) is 15.0. The Morgan fingerprint density at radius 3 is 2.42 bits per heavy atom. The summed E-state index contributed by atoms with van der Waals surface area (Å²) in [5.74, 6) is -0.847. The van der Waals surface area contributed by atoms with Crippen molar-refractivity contribution < 1.29 is 14.4 Å². The van der Waals surface area contributed by atoms with Crippen LogP contribution in [0.15, 0.2) is 59.1 Å². The first-order valence-corrected chi connectivity index (χ1v) is 11.5. The third-order valence-corrected chi connectivity index (χ3v) is 6.62. The average molecular weight is 484 g/mol. The van der Waals surface area contributed by atoms with Gasteiger partial charge < -0.3 is 15.1 Å². The standard InChI is InChI=1S/C24H26BrN3O3/c25-19-10-4-5-11-21(19)28-16-18(15-22(28)29)23(30)26-20(14-17-8-2-1-3-9-17)24(31)27-12-6-7-13-27/h1-5,8-11,18,20H,6-7,12-16H2,(H,26,30). The van der Waals surface area contributed by atoms with Gasteiger partial charge in [0.1, 0.15) is 6.04 Å². The zero-order chi connectivity index (χ0) is 21.8. The summed E-state index contributed by atoms with van der Waals surface area (Å²) < 4.78 is 0.815. The molecule has 162 valence electrons. The van der Waals surface area contributed by atoms with Gasteiger partial charge in [-0.3, -0.25) is 14.4 Å². The quantitative estimate of drug-likeness (QED) is 0.685. The maximum atomic E-state index is 13.1. The summed E-state index contributed by atoms with van der Waals surface area (Å²) in [6, 6.07) is 16.6. The summed E-state index contributed by atoms with van der Waals surface area (Å²) in [6.45, 7) is 1.78. The SMILES string of the molecule is O=C(NC(Cc1ccccc1)C(=O)N1CCCC1)C1CC(=O)N(c2ccccc2Br)C1. The molecule has 2 fully saturated rings. The van der Waals surface area contributed by atoms with Gasteiger partial charge in [0.25, 0.3) is 0 Å². The number of likely N-dealkylation sites (tertiary alicyclic amines) is 1. The number of rotatable bonds is 6. The smallest absolute Gasteiger partial charge is 0.245 e. The Labute approximate surface area is 190 Å². The molecule has 31 heavy (non-hydrogen) atoms. The zero-order valence-electron chi connectivity index (χ0n) is 17.3. The Morgan fingerprint density at radius 2 is 1.71 bits per heavy atom. The second kappa shape index (κ2) is 9.64. The van der Waals surface area contributed by atoms with Gasteiger partial charge in [-0.2, -0.15) is 0 Å². The molecule has 6 nitrogen and oxygen atoms in total. The molecule has 2 aliphatic rings. The molecule has 4 rings (SSSR count). The number of nitrogens with zero attached hydrogens (tertiary/aromatic N) is 2. The van der Waals surface area contributed by atoms with Crippen molar-refractivity contribution in [1.29, 1.82) is 0 Å². The summed E-state index contributed by atoms with van der Waals surface area (Å²) in [7, 11) is 0. The molecule has 0 aliphatic carbocycles. The highest BCUT2D eigenvalue weighted by Crippen LogP contribution is 2.31. The van der Waals surface area contributed by atoms with Gasteiger partial charge in [-0.15, -0.1) is 0 Å². The maximum absolute atomic E-state index is 13.1. The van der Waals surface area contributed by atoms with Gasteiger partial charge in [-0.05, 0) is 46.5 Å². The minimum absolute atomic E-state index is 0.0401. The van der Waals surface area contributed by atoms with Crippen molar-refractivity contribution >= 4 is 39.3 Å². The lowest BCUT2D eigenvalue weighted by Crippen LogP contribution is -2.50. The fraction of sp³-hybridized carbons (Fsp3) is 0.375. The number of para-hydroxylation sites is 1. The minimum Gasteiger partial charge on any atom is -0.344 e. The van der Waals surface area contributed by atoms with Gasteiger partial charge in [-0.25, -0.2) is 0 Å². The minimum atomic E-state index is -0.624. The van der Waals surface area contributed by atoms with Crippen LogP contribution in [0.1, 0.15) is 24.8 Å². The van der Waals surface area contributed by atoms with Crippen LogP contribution in [-0.4, -0.2) is 48.3 Å². The molecule has 2 saturated heterocycles. The molecule has 3 amide bonds. The molecule has 2 aromatic carbocycles. The van der Waals surface area contributed by atoms with E-state index in [4.69, 9.17) is 0 Å². The second-order valence-corrected chi connectivity index (χ2v) is 8.99. The van der Waals surface area contributed by atoms with Crippen molar-refractivity contribution in [3.05, 3.63) is 64.6 Å². The molecule has 0 bridgehead atoms. The van der Waals surface area contributed by atoms with Crippen molar-refractivity contribution in [2.45, 2.75) is 31.7 Å². The first kappa shape index (κ1) is 21.6. The highest BCUT2D eigenvalue weighted by molar-refractivity contribution is 9.10. The van der Waals surface area contributed by atoms with Crippen molar-refractivity contribution in [3.63, 3.8) is 0 Å². The van der Waals surface area contributed by atoms with Gasteiger partial charge >= 0.3 is 0 Å². The Kier molecular flexibility index (Phi) is 6.70. The third-order valence-electron chi connectivity index (χ3n) is 5.95. The molecule has 2 unspecified atom stereocenters. The normalized spacial score (nSPS) is 19.5. The summed E-state index contributed by atoms with van der Waals surface area (Å²) in [6.07, 6.45) is 2.57. The maximum Gasteiger partial charge on any atom is 0.245 e. The second-order valence-electron chi connectivity index (χ2n) is 8.14. The molecular weight excluding hydrogens is 458 g/mol. The number of carbonyl (C=O) groups is 3. The average Bonchev–Trinajstić information content (AvgIpc) is 3.44. The van der Waals surface area contributed by atoms with Crippen LogP contribution in [0.3, 0.4) is 0 Å². The van der Waals surface area contributed by atoms with Gasteiger partial charge in [0.05, 0.1) is 11.6 Å². The van der Waals surface area contributed by atoms with Crippen molar-refractivity contribution in [2.24, 2.45) is 5.92 Å². The zero-order valence-corrected chi connectivity index (χ0v) is 18.9.